The van der Waals surface area contributed by atoms with Crippen LogP contribution in [-0.4, -0.2) is 11.9 Å². The number of carbonyl (C=O) groups is 2. The van der Waals surface area contributed by atoms with E-state index >= 15 is 0 Å². The molecule has 142 valence electrons. The number of rotatable bonds is 4. The van der Waals surface area contributed by atoms with E-state index in [-0.39, 0.29) is 0 Å². The maximum atomic E-state index is 12.3. The molecular formula is C22H16Br2O4. The van der Waals surface area contributed by atoms with Crippen LogP contribution in [0.25, 0.3) is 0 Å². The second-order valence-electron chi connectivity index (χ2n) is 6.18. The first-order chi connectivity index (χ1) is 13.3. The molecule has 0 bridgehead atoms. The molecule has 0 saturated carbocycles. The smallest absolute Gasteiger partial charge is 0.343 e. The highest BCUT2D eigenvalue weighted by molar-refractivity contribution is 9.10. The third-order valence-corrected chi connectivity index (χ3v) is 5.77. The predicted molar refractivity (Wildman–Crippen MR) is 114 cm³/mol. The summed E-state index contributed by atoms with van der Waals surface area (Å²) in [6.07, 6.45) is 0. The van der Waals surface area contributed by atoms with Crippen molar-refractivity contribution in [1.82, 2.24) is 0 Å². The van der Waals surface area contributed by atoms with Gasteiger partial charge in [-0.1, -0.05) is 44.0 Å². The van der Waals surface area contributed by atoms with Gasteiger partial charge in [0.25, 0.3) is 0 Å². The van der Waals surface area contributed by atoms with Crippen molar-refractivity contribution in [2.75, 3.05) is 0 Å². The van der Waals surface area contributed by atoms with Crippen LogP contribution < -0.4 is 9.47 Å². The van der Waals surface area contributed by atoms with Gasteiger partial charge in [-0.3, -0.25) is 0 Å². The van der Waals surface area contributed by atoms with E-state index in [0.717, 1.165) is 20.1 Å². The molecule has 0 aromatic heterocycles. The molecule has 0 saturated heterocycles. The van der Waals surface area contributed by atoms with Crippen LogP contribution in [0.4, 0.5) is 0 Å². The minimum atomic E-state index is -0.463. The van der Waals surface area contributed by atoms with Gasteiger partial charge in [0.1, 0.15) is 11.5 Å². The molecule has 0 aliphatic rings. The van der Waals surface area contributed by atoms with E-state index in [9.17, 15) is 9.59 Å². The maximum Gasteiger partial charge on any atom is 0.343 e. The highest BCUT2D eigenvalue weighted by Gasteiger charge is 2.12. The van der Waals surface area contributed by atoms with Crippen LogP contribution >= 0.6 is 31.9 Å². The molecule has 0 spiro atoms. The molecule has 0 N–H and O–H groups in total. The van der Waals surface area contributed by atoms with E-state index in [1.165, 1.54) is 0 Å². The molecule has 0 unspecified atom stereocenters. The van der Waals surface area contributed by atoms with Gasteiger partial charge in [0, 0.05) is 8.95 Å². The maximum absolute atomic E-state index is 12.3. The second kappa shape index (κ2) is 8.71. The summed E-state index contributed by atoms with van der Waals surface area (Å²) in [6.45, 7) is 3.88. The van der Waals surface area contributed by atoms with Gasteiger partial charge in [0.2, 0.25) is 0 Å². The topological polar surface area (TPSA) is 52.6 Å². The van der Waals surface area contributed by atoms with Crippen LogP contribution in [0.3, 0.4) is 0 Å². The Hall–Kier alpha value is -2.44. The summed E-state index contributed by atoms with van der Waals surface area (Å²) in [5.74, 6) is -0.205. The summed E-state index contributed by atoms with van der Waals surface area (Å²) in [5, 5.41) is 0. The molecule has 0 aliphatic carbocycles. The number of ether oxygens (including phenoxy) is 2. The molecule has 0 aliphatic heterocycles. The number of hydrogen-bond acceptors (Lipinski definition) is 4. The van der Waals surface area contributed by atoms with Gasteiger partial charge >= 0.3 is 11.9 Å². The first kappa shape index (κ1) is 20.3. The lowest BCUT2D eigenvalue weighted by Gasteiger charge is -2.08. The lowest BCUT2D eigenvalue weighted by molar-refractivity contribution is 0.0719. The fraction of sp³-hybridized carbons (Fsp3) is 0.0909. The largest absolute Gasteiger partial charge is 0.423 e. The van der Waals surface area contributed by atoms with Crippen molar-refractivity contribution in [3.8, 4) is 11.5 Å². The van der Waals surface area contributed by atoms with Crippen LogP contribution in [0.2, 0.25) is 0 Å². The molecule has 0 amide bonds. The standard InChI is InChI=1S/C22H16Br2O4/c1-13-3-5-15(11-19(13)23)21(25)27-17-7-9-18(10-8-17)28-22(26)16-6-4-14(2)20(24)12-16/h3-12H,1-2H3. The molecule has 0 radical (unpaired) electrons. The average molecular weight is 504 g/mol. The summed E-state index contributed by atoms with van der Waals surface area (Å²) < 4.78 is 12.4. The Balaban J connectivity index is 1.65. The molecule has 0 heterocycles. The fourth-order valence-corrected chi connectivity index (χ4v) is 3.10. The number of hydrogen-bond donors (Lipinski definition) is 0. The number of halogens is 2. The lowest BCUT2D eigenvalue weighted by atomic mass is 10.1. The zero-order valence-corrected chi connectivity index (χ0v) is 18.3. The molecule has 3 aromatic rings. The fourth-order valence-electron chi connectivity index (χ4n) is 2.35. The van der Waals surface area contributed by atoms with Gasteiger partial charge < -0.3 is 9.47 Å². The van der Waals surface area contributed by atoms with E-state index in [1.54, 1.807) is 48.5 Å². The Morgan fingerprint density at radius 1 is 0.643 bits per heavy atom. The number of benzene rings is 3. The van der Waals surface area contributed by atoms with Crippen LogP contribution in [0.15, 0.2) is 69.6 Å². The number of esters is 2. The summed E-state index contributed by atoms with van der Waals surface area (Å²) in [5.41, 5.74) is 2.95. The lowest BCUT2D eigenvalue weighted by Crippen LogP contribution is -2.10. The highest BCUT2D eigenvalue weighted by Crippen LogP contribution is 2.23. The van der Waals surface area contributed by atoms with E-state index in [1.807, 2.05) is 26.0 Å². The zero-order valence-electron chi connectivity index (χ0n) is 15.2. The van der Waals surface area contributed by atoms with Gasteiger partial charge in [-0.15, -0.1) is 0 Å². The molecule has 0 fully saturated rings. The van der Waals surface area contributed by atoms with Crippen molar-refractivity contribution < 1.29 is 19.1 Å². The van der Waals surface area contributed by atoms with E-state index in [0.29, 0.717) is 22.6 Å². The van der Waals surface area contributed by atoms with Gasteiger partial charge in [-0.25, -0.2) is 9.59 Å². The third kappa shape index (κ3) is 4.88. The first-order valence-corrected chi connectivity index (χ1v) is 9.99. The molecular weight excluding hydrogens is 488 g/mol. The molecule has 28 heavy (non-hydrogen) atoms. The molecule has 3 rings (SSSR count). The first-order valence-electron chi connectivity index (χ1n) is 8.40. The van der Waals surface area contributed by atoms with Crippen LogP contribution in [0.5, 0.6) is 11.5 Å². The number of aryl methyl sites for hydroxylation is 2. The average Bonchev–Trinajstić information content (AvgIpc) is 2.67. The van der Waals surface area contributed by atoms with Crippen molar-refractivity contribution >= 4 is 43.8 Å². The SMILES string of the molecule is Cc1ccc(C(=O)Oc2ccc(OC(=O)c3ccc(C)c(Br)c3)cc2)cc1Br. The monoisotopic (exact) mass is 502 g/mol. The molecule has 6 heteroatoms. The van der Waals surface area contributed by atoms with Crippen molar-refractivity contribution in [3.63, 3.8) is 0 Å². The van der Waals surface area contributed by atoms with Crippen molar-refractivity contribution in [3.05, 3.63) is 91.9 Å². The summed E-state index contributed by atoms with van der Waals surface area (Å²) in [4.78, 5) is 24.5. The minimum absolute atomic E-state index is 0.361. The van der Waals surface area contributed by atoms with E-state index in [4.69, 9.17) is 9.47 Å². The summed E-state index contributed by atoms with van der Waals surface area (Å²) >= 11 is 6.80. The summed E-state index contributed by atoms with van der Waals surface area (Å²) in [7, 11) is 0. The number of carbonyl (C=O) groups excluding carboxylic acids is 2. The Morgan fingerprint density at radius 2 is 1.00 bits per heavy atom. The molecule has 0 atom stereocenters. The van der Waals surface area contributed by atoms with Gasteiger partial charge in [-0.2, -0.15) is 0 Å². The van der Waals surface area contributed by atoms with Crippen molar-refractivity contribution in [1.29, 1.82) is 0 Å². The normalized spacial score (nSPS) is 10.4. The van der Waals surface area contributed by atoms with Gasteiger partial charge in [-0.05, 0) is 73.5 Å². The van der Waals surface area contributed by atoms with E-state index in [2.05, 4.69) is 31.9 Å². The second-order valence-corrected chi connectivity index (χ2v) is 7.89. The van der Waals surface area contributed by atoms with Crippen molar-refractivity contribution in [2.24, 2.45) is 0 Å². The Bertz CT molecular complexity index is 958. The molecule has 4 nitrogen and oxygen atoms in total. The van der Waals surface area contributed by atoms with E-state index < -0.39 is 11.9 Å². The van der Waals surface area contributed by atoms with Gasteiger partial charge in [0.05, 0.1) is 11.1 Å². The Morgan fingerprint density at radius 3 is 1.32 bits per heavy atom. The van der Waals surface area contributed by atoms with Gasteiger partial charge in [0.15, 0.2) is 0 Å². The summed E-state index contributed by atoms with van der Waals surface area (Å²) in [6, 6.07) is 16.8. The van der Waals surface area contributed by atoms with Crippen LogP contribution in [0.1, 0.15) is 31.8 Å². The molecule has 3 aromatic carbocycles. The quantitative estimate of drug-likeness (QED) is 0.311. The van der Waals surface area contributed by atoms with Crippen LogP contribution in [0, 0.1) is 13.8 Å². The van der Waals surface area contributed by atoms with Crippen molar-refractivity contribution in [2.45, 2.75) is 13.8 Å². The Labute approximate surface area is 179 Å². The highest BCUT2D eigenvalue weighted by atomic mass is 79.9. The zero-order chi connectivity index (χ0) is 20.3. The predicted octanol–water partition coefficient (Wildman–Crippen LogP) is 6.27. The Kier molecular flexibility index (Phi) is 6.31. The van der Waals surface area contributed by atoms with Crippen LogP contribution in [-0.2, 0) is 0 Å². The minimum Gasteiger partial charge on any atom is -0.423 e. The third-order valence-electron chi connectivity index (χ3n) is 4.06.